The lowest BCUT2D eigenvalue weighted by atomic mass is 10.1. The second kappa shape index (κ2) is 10.3. The zero-order valence-corrected chi connectivity index (χ0v) is 20.9. The number of aromatic nitrogens is 3. The van der Waals surface area contributed by atoms with Crippen LogP contribution in [0.15, 0.2) is 59.8 Å². The van der Waals surface area contributed by atoms with Crippen molar-refractivity contribution in [2.75, 3.05) is 18.0 Å². The first-order chi connectivity index (χ1) is 16.6. The number of anilines is 1. The fraction of sp³-hybridized carbons (Fsp3) is 0.444. The third-order valence-corrected chi connectivity index (χ3v) is 7.93. The van der Waals surface area contributed by atoms with E-state index in [1.807, 2.05) is 30.0 Å². The number of hydrogen-bond donors (Lipinski definition) is 0. The van der Waals surface area contributed by atoms with Gasteiger partial charge >= 0.3 is 0 Å². The lowest BCUT2D eigenvalue weighted by Crippen LogP contribution is -2.40. The number of nitrogens with zero attached hydrogens (tertiary/aromatic N) is 5. The van der Waals surface area contributed by atoms with E-state index in [2.05, 4.69) is 63.0 Å². The smallest absolute Gasteiger partial charge is 0.240 e. The molecular weight excluding hydrogens is 442 g/mol. The summed E-state index contributed by atoms with van der Waals surface area (Å²) < 4.78 is 2.21. The quantitative estimate of drug-likeness (QED) is 0.461. The fourth-order valence-electron chi connectivity index (χ4n) is 5.07. The van der Waals surface area contributed by atoms with Gasteiger partial charge in [-0.2, -0.15) is 0 Å². The SMILES string of the molecule is CC(Sc1nnc(CN2CCCCC2)n1Cc1ccccc1)C(=O)N1c2ccccc2CC1C. The highest BCUT2D eigenvalue weighted by molar-refractivity contribution is 8.00. The van der Waals surface area contributed by atoms with E-state index in [0.29, 0.717) is 6.54 Å². The number of carbonyl (C=O) groups excluding carboxylic acids is 1. The number of carbonyl (C=O) groups is 1. The summed E-state index contributed by atoms with van der Waals surface area (Å²) in [5, 5.41) is 9.72. The van der Waals surface area contributed by atoms with Gasteiger partial charge in [-0.3, -0.25) is 9.69 Å². The normalized spacial score (nSPS) is 19.2. The van der Waals surface area contributed by atoms with Crippen molar-refractivity contribution < 1.29 is 4.79 Å². The van der Waals surface area contributed by atoms with Crippen molar-refractivity contribution >= 4 is 23.4 Å². The fourth-order valence-corrected chi connectivity index (χ4v) is 5.99. The Kier molecular flexibility index (Phi) is 7.02. The summed E-state index contributed by atoms with van der Waals surface area (Å²) >= 11 is 1.52. The summed E-state index contributed by atoms with van der Waals surface area (Å²) in [6, 6.07) is 18.9. The van der Waals surface area contributed by atoms with Gasteiger partial charge < -0.3 is 9.47 Å². The summed E-state index contributed by atoms with van der Waals surface area (Å²) in [5.74, 6) is 1.11. The molecule has 1 fully saturated rings. The van der Waals surface area contributed by atoms with Crippen LogP contribution in [0.4, 0.5) is 5.69 Å². The van der Waals surface area contributed by atoms with Gasteiger partial charge in [-0.1, -0.05) is 66.7 Å². The molecule has 2 unspecified atom stereocenters. The van der Waals surface area contributed by atoms with Crippen molar-refractivity contribution in [3.05, 3.63) is 71.5 Å². The largest absolute Gasteiger partial charge is 0.308 e. The van der Waals surface area contributed by atoms with E-state index in [9.17, 15) is 4.79 Å². The van der Waals surface area contributed by atoms with E-state index in [4.69, 9.17) is 0 Å². The zero-order chi connectivity index (χ0) is 23.5. The van der Waals surface area contributed by atoms with Crippen molar-refractivity contribution in [3.63, 3.8) is 0 Å². The van der Waals surface area contributed by atoms with E-state index < -0.39 is 0 Å². The van der Waals surface area contributed by atoms with Gasteiger partial charge in [0.1, 0.15) is 5.82 Å². The molecule has 1 amide bonds. The molecule has 1 aromatic heterocycles. The number of likely N-dealkylation sites (tertiary alicyclic amines) is 1. The van der Waals surface area contributed by atoms with Crippen LogP contribution in [-0.2, 0) is 24.3 Å². The predicted molar refractivity (Wildman–Crippen MR) is 137 cm³/mol. The van der Waals surface area contributed by atoms with Gasteiger partial charge in [0.2, 0.25) is 5.91 Å². The lowest BCUT2D eigenvalue weighted by molar-refractivity contribution is -0.118. The van der Waals surface area contributed by atoms with Crippen molar-refractivity contribution in [3.8, 4) is 0 Å². The highest BCUT2D eigenvalue weighted by Crippen LogP contribution is 2.35. The molecule has 1 saturated heterocycles. The molecule has 0 bridgehead atoms. The Morgan fingerprint density at radius 3 is 2.53 bits per heavy atom. The Bertz CT molecular complexity index is 1130. The van der Waals surface area contributed by atoms with Crippen LogP contribution in [-0.4, -0.2) is 50.0 Å². The van der Waals surface area contributed by atoms with Gasteiger partial charge in [-0.15, -0.1) is 10.2 Å². The molecule has 3 heterocycles. The van der Waals surface area contributed by atoms with Crippen LogP contribution < -0.4 is 4.90 Å². The molecule has 2 aliphatic rings. The number of benzene rings is 2. The maximum atomic E-state index is 13.6. The molecule has 5 rings (SSSR count). The Morgan fingerprint density at radius 2 is 1.74 bits per heavy atom. The molecule has 0 radical (unpaired) electrons. The molecule has 0 aliphatic carbocycles. The van der Waals surface area contributed by atoms with Gasteiger partial charge in [0.15, 0.2) is 5.16 Å². The highest BCUT2D eigenvalue weighted by Gasteiger charge is 2.34. The average molecular weight is 476 g/mol. The molecule has 178 valence electrons. The summed E-state index contributed by atoms with van der Waals surface area (Å²) in [7, 11) is 0. The van der Waals surface area contributed by atoms with Crippen molar-refractivity contribution in [2.45, 2.75) is 69.1 Å². The lowest BCUT2D eigenvalue weighted by Gasteiger charge is -2.26. The van der Waals surface area contributed by atoms with Gasteiger partial charge in [0, 0.05) is 11.7 Å². The number of rotatable bonds is 7. The maximum absolute atomic E-state index is 13.6. The Balaban J connectivity index is 1.37. The third kappa shape index (κ3) is 4.91. The Hall–Kier alpha value is -2.64. The van der Waals surface area contributed by atoms with E-state index in [1.54, 1.807) is 0 Å². The molecule has 6 nitrogen and oxygen atoms in total. The van der Waals surface area contributed by atoms with Crippen molar-refractivity contribution in [1.82, 2.24) is 19.7 Å². The van der Waals surface area contributed by atoms with Crippen molar-refractivity contribution in [1.29, 1.82) is 0 Å². The van der Waals surface area contributed by atoms with Crippen LogP contribution in [0, 0.1) is 0 Å². The molecule has 3 aromatic rings. The predicted octanol–water partition coefficient (Wildman–Crippen LogP) is 4.77. The monoisotopic (exact) mass is 475 g/mol. The van der Waals surface area contributed by atoms with E-state index in [0.717, 1.165) is 42.7 Å². The summed E-state index contributed by atoms with van der Waals surface area (Å²) in [5.41, 5.74) is 3.51. The molecular formula is C27H33N5OS. The standard InChI is InChI=1S/C27H33N5OS/c1-20-17-23-13-7-8-14-24(23)32(20)26(33)21(2)34-27-29-28-25(19-30-15-9-4-10-16-30)31(27)18-22-11-5-3-6-12-22/h3,5-8,11-14,20-21H,4,9-10,15-19H2,1-2H3. The molecule has 0 N–H and O–H groups in total. The number of para-hydroxylation sites is 1. The second-order valence-electron chi connectivity index (χ2n) is 9.46. The van der Waals surface area contributed by atoms with Crippen LogP contribution in [0.3, 0.4) is 0 Å². The summed E-state index contributed by atoms with van der Waals surface area (Å²) in [6.45, 7) is 7.86. The Morgan fingerprint density at radius 1 is 1.00 bits per heavy atom. The van der Waals surface area contributed by atoms with Gasteiger partial charge in [-0.05, 0) is 63.4 Å². The summed E-state index contributed by atoms with van der Waals surface area (Å²) in [6.07, 6.45) is 4.71. The first-order valence-corrected chi connectivity index (χ1v) is 13.2. The topological polar surface area (TPSA) is 54.3 Å². The second-order valence-corrected chi connectivity index (χ2v) is 10.8. The maximum Gasteiger partial charge on any atom is 0.240 e. The average Bonchev–Trinajstić information content (AvgIpc) is 3.39. The first-order valence-electron chi connectivity index (χ1n) is 12.4. The van der Waals surface area contributed by atoms with Crippen molar-refractivity contribution in [2.24, 2.45) is 0 Å². The first kappa shape index (κ1) is 23.1. The van der Waals surface area contributed by atoms with Crippen LogP contribution in [0.5, 0.6) is 0 Å². The van der Waals surface area contributed by atoms with E-state index >= 15 is 0 Å². The minimum atomic E-state index is -0.254. The van der Waals surface area contributed by atoms with Crippen LogP contribution in [0.2, 0.25) is 0 Å². The van der Waals surface area contributed by atoms with Gasteiger partial charge in [-0.25, -0.2) is 0 Å². The zero-order valence-electron chi connectivity index (χ0n) is 20.1. The highest BCUT2D eigenvalue weighted by atomic mass is 32.2. The van der Waals surface area contributed by atoms with Crippen LogP contribution in [0.1, 0.15) is 50.1 Å². The minimum absolute atomic E-state index is 0.134. The molecule has 2 aromatic carbocycles. The van der Waals surface area contributed by atoms with E-state index in [-0.39, 0.29) is 17.2 Å². The number of fused-ring (bicyclic) bond motifs is 1. The number of thioether (sulfide) groups is 1. The number of piperidine rings is 1. The number of hydrogen-bond acceptors (Lipinski definition) is 5. The number of amides is 1. The molecule has 2 atom stereocenters. The molecule has 2 aliphatic heterocycles. The van der Waals surface area contributed by atoms with Gasteiger partial charge in [0.05, 0.1) is 18.3 Å². The van der Waals surface area contributed by atoms with E-state index in [1.165, 1.54) is 42.2 Å². The van der Waals surface area contributed by atoms with Gasteiger partial charge in [0.25, 0.3) is 0 Å². The van der Waals surface area contributed by atoms with Crippen LogP contribution >= 0.6 is 11.8 Å². The molecule has 7 heteroatoms. The molecule has 34 heavy (non-hydrogen) atoms. The van der Waals surface area contributed by atoms with Crippen LogP contribution in [0.25, 0.3) is 0 Å². The Labute approximate surface area is 206 Å². The summed E-state index contributed by atoms with van der Waals surface area (Å²) in [4.78, 5) is 18.0. The molecule has 0 spiro atoms. The third-order valence-electron chi connectivity index (χ3n) is 6.87. The minimum Gasteiger partial charge on any atom is -0.308 e. The molecule has 0 saturated carbocycles.